The molecule has 0 radical (unpaired) electrons. The van der Waals surface area contributed by atoms with Crippen LogP contribution >= 0.6 is 11.6 Å². The largest absolute Gasteiger partial charge is 0.497 e. The van der Waals surface area contributed by atoms with Crippen LogP contribution in [0.3, 0.4) is 0 Å². The highest BCUT2D eigenvalue weighted by atomic mass is 35.5. The van der Waals surface area contributed by atoms with Crippen molar-refractivity contribution in [3.05, 3.63) is 59.6 Å². The van der Waals surface area contributed by atoms with Crippen molar-refractivity contribution in [3.8, 4) is 22.7 Å². The Morgan fingerprint density at radius 3 is 2.40 bits per heavy atom. The van der Waals surface area contributed by atoms with E-state index >= 15 is 0 Å². The highest BCUT2D eigenvalue weighted by Gasteiger charge is 2.15. The van der Waals surface area contributed by atoms with E-state index in [1.807, 2.05) is 36.4 Å². The first-order chi connectivity index (χ1) is 14.5. The molecule has 156 valence electrons. The Hall–Kier alpha value is -3.32. The maximum absolute atomic E-state index is 12.4. The summed E-state index contributed by atoms with van der Waals surface area (Å²) in [7, 11) is 1.59. The average molecular weight is 428 g/mol. The second kappa shape index (κ2) is 9.93. The Bertz CT molecular complexity index is 1010. The Morgan fingerprint density at radius 1 is 1.07 bits per heavy atom. The van der Waals surface area contributed by atoms with Gasteiger partial charge in [-0.05, 0) is 43.3 Å². The van der Waals surface area contributed by atoms with Gasteiger partial charge in [0, 0.05) is 23.1 Å². The molecule has 2 aromatic carbocycles. The average Bonchev–Trinajstić information content (AvgIpc) is 3.16. The van der Waals surface area contributed by atoms with Crippen LogP contribution in [0.4, 0.5) is 5.82 Å². The number of methoxy groups -OCH3 is 1. The van der Waals surface area contributed by atoms with E-state index in [2.05, 4.69) is 10.4 Å². The number of hydrogen-bond donors (Lipinski definition) is 1. The van der Waals surface area contributed by atoms with Crippen molar-refractivity contribution in [3.63, 3.8) is 0 Å². The van der Waals surface area contributed by atoms with E-state index in [0.29, 0.717) is 22.3 Å². The Balaban J connectivity index is 1.87. The number of nitrogens with one attached hydrogen (secondary N) is 1. The van der Waals surface area contributed by atoms with E-state index in [9.17, 15) is 9.59 Å². The third-order valence-electron chi connectivity index (χ3n) is 4.30. The van der Waals surface area contributed by atoms with Crippen LogP contribution in [0.2, 0.25) is 5.02 Å². The number of hydrogen-bond acceptors (Lipinski definition) is 5. The number of ether oxygens (including phenoxy) is 2. The van der Waals surface area contributed by atoms with E-state index in [1.54, 1.807) is 36.9 Å². The highest BCUT2D eigenvalue weighted by molar-refractivity contribution is 6.30. The molecule has 3 rings (SSSR count). The SMILES string of the molecule is CCOC(=O)CCC(=O)Nc1cc(-c2ccc(Cl)cc2)nn1-c1ccc(OC)cc1. The van der Waals surface area contributed by atoms with Gasteiger partial charge in [0.2, 0.25) is 5.91 Å². The molecular formula is C22H22ClN3O4. The standard InChI is InChI=1S/C22H22ClN3O4/c1-3-30-22(28)13-12-21(27)24-20-14-19(15-4-6-16(23)7-5-15)25-26(20)17-8-10-18(29-2)11-9-17/h4-11,14H,3,12-13H2,1-2H3,(H,24,27). The fourth-order valence-electron chi connectivity index (χ4n) is 2.81. The van der Waals surface area contributed by atoms with Crippen molar-refractivity contribution >= 4 is 29.3 Å². The lowest BCUT2D eigenvalue weighted by atomic mass is 10.1. The zero-order chi connectivity index (χ0) is 21.5. The van der Waals surface area contributed by atoms with Gasteiger partial charge in [-0.2, -0.15) is 5.10 Å². The second-order valence-corrected chi connectivity index (χ2v) is 6.82. The first-order valence-corrected chi connectivity index (χ1v) is 9.84. The van der Waals surface area contributed by atoms with Gasteiger partial charge in [-0.25, -0.2) is 4.68 Å². The number of rotatable bonds is 8. The van der Waals surface area contributed by atoms with E-state index < -0.39 is 5.97 Å². The number of carbonyl (C=O) groups is 2. The third kappa shape index (κ3) is 5.39. The minimum atomic E-state index is -0.404. The summed E-state index contributed by atoms with van der Waals surface area (Å²) in [4.78, 5) is 23.9. The Labute approximate surface area is 179 Å². The fourth-order valence-corrected chi connectivity index (χ4v) is 2.93. The van der Waals surface area contributed by atoms with Gasteiger partial charge in [-0.3, -0.25) is 9.59 Å². The summed E-state index contributed by atoms with van der Waals surface area (Å²) >= 11 is 5.98. The van der Waals surface area contributed by atoms with Gasteiger partial charge < -0.3 is 14.8 Å². The number of amides is 1. The molecule has 0 unspecified atom stereocenters. The molecule has 0 bridgehead atoms. The van der Waals surface area contributed by atoms with Gasteiger partial charge >= 0.3 is 5.97 Å². The molecule has 0 saturated heterocycles. The lowest BCUT2D eigenvalue weighted by Crippen LogP contribution is -2.16. The van der Waals surface area contributed by atoms with Gasteiger partial charge in [0.25, 0.3) is 0 Å². The molecule has 1 amide bonds. The van der Waals surface area contributed by atoms with E-state index in [1.165, 1.54) is 0 Å². The monoisotopic (exact) mass is 427 g/mol. The normalized spacial score (nSPS) is 10.5. The summed E-state index contributed by atoms with van der Waals surface area (Å²) in [5.74, 6) is 0.487. The zero-order valence-corrected chi connectivity index (χ0v) is 17.5. The quantitative estimate of drug-likeness (QED) is 0.536. The smallest absolute Gasteiger partial charge is 0.306 e. The van der Waals surface area contributed by atoms with Crippen LogP contribution in [-0.2, 0) is 14.3 Å². The number of nitrogens with zero attached hydrogens (tertiary/aromatic N) is 2. The van der Waals surface area contributed by atoms with Gasteiger partial charge in [0.05, 0.1) is 31.5 Å². The maximum atomic E-state index is 12.4. The molecular weight excluding hydrogens is 406 g/mol. The fraction of sp³-hybridized carbons (Fsp3) is 0.227. The number of carbonyl (C=O) groups excluding carboxylic acids is 2. The molecule has 8 heteroatoms. The lowest BCUT2D eigenvalue weighted by Gasteiger charge is -2.09. The number of aromatic nitrogens is 2. The summed E-state index contributed by atoms with van der Waals surface area (Å²) in [6.07, 6.45) is 0.0310. The molecule has 0 aliphatic heterocycles. The van der Waals surface area contributed by atoms with Crippen LogP contribution in [0.1, 0.15) is 19.8 Å². The summed E-state index contributed by atoms with van der Waals surface area (Å²) in [5.41, 5.74) is 2.27. The predicted octanol–water partition coefficient (Wildman–Crippen LogP) is 4.48. The van der Waals surface area contributed by atoms with Crippen molar-refractivity contribution in [2.75, 3.05) is 19.0 Å². The molecule has 0 saturated carbocycles. The lowest BCUT2D eigenvalue weighted by molar-refractivity contribution is -0.144. The van der Waals surface area contributed by atoms with Crippen molar-refractivity contribution in [1.82, 2.24) is 9.78 Å². The van der Waals surface area contributed by atoms with Gasteiger partial charge in [0.1, 0.15) is 11.6 Å². The number of anilines is 1. The van der Waals surface area contributed by atoms with Gasteiger partial charge in [-0.1, -0.05) is 23.7 Å². The molecule has 30 heavy (non-hydrogen) atoms. The van der Waals surface area contributed by atoms with Crippen molar-refractivity contribution < 1.29 is 19.1 Å². The first kappa shape index (κ1) is 21.4. The van der Waals surface area contributed by atoms with Crippen LogP contribution in [0.25, 0.3) is 16.9 Å². The molecule has 0 spiro atoms. The summed E-state index contributed by atoms with van der Waals surface area (Å²) < 4.78 is 11.7. The molecule has 0 fully saturated rings. The molecule has 1 N–H and O–H groups in total. The summed E-state index contributed by atoms with van der Waals surface area (Å²) in [6, 6.07) is 16.3. The van der Waals surface area contributed by atoms with Crippen LogP contribution < -0.4 is 10.1 Å². The van der Waals surface area contributed by atoms with Crippen molar-refractivity contribution in [2.45, 2.75) is 19.8 Å². The molecule has 0 aliphatic rings. The molecule has 0 aliphatic carbocycles. The van der Waals surface area contributed by atoms with Crippen LogP contribution in [0, 0.1) is 0 Å². The van der Waals surface area contributed by atoms with E-state index in [-0.39, 0.29) is 25.4 Å². The van der Waals surface area contributed by atoms with Crippen LogP contribution in [-0.4, -0.2) is 35.4 Å². The second-order valence-electron chi connectivity index (χ2n) is 6.38. The topological polar surface area (TPSA) is 82.5 Å². The van der Waals surface area contributed by atoms with Crippen molar-refractivity contribution in [1.29, 1.82) is 0 Å². The summed E-state index contributed by atoms with van der Waals surface area (Å²) in [5, 5.41) is 8.10. The third-order valence-corrected chi connectivity index (χ3v) is 4.55. The number of halogens is 1. The number of benzene rings is 2. The minimum Gasteiger partial charge on any atom is -0.497 e. The van der Waals surface area contributed by atoms with Crippen LogP contribution in [0.5, 0.6) is 5.75 Å². The Kier molecular flexibility index (Phi) is 7.08. The predicted molar refractivity (Wildman–Crippen MR) is 115 cm³/mol. The summed E-state index contributed by atoms with van der Waals surface area (Å²) in [6.45, 7) is 2.01. The molecule has 0 atom stereocenters. The molecule has 1 heterocycles. The van der Waals surface area contributed by atoms with E-state index in [0.717, 1.165) is 11.3 Å². The maximum Gasteiger partial charge on any atom is 0.306 e. The van der Waals surface area contributed by atoms with Crippen LogP contribution in [0.15, 0.2) is 54.6 Å². The van der Waals surface area contributed by atoms with Gasteiger partial charge in [0.15, 0.2) is 0 Å². The molecule has 3 aromatic rings. The first-order valence-electron chi connectivity index (χ1n) is 9.46. The zero-order valence-electron chi connectivity index (χ0n) is 16.7. The highest BCUT2D eigenvalue weighted by Crippen LogP contribution is 2.27. The minimum absolute atomic E-state index is 0.0143. The van der Waals surface area contributed by atoms with E-state index in [4.69, 9.17) is 21.1 Å². The molecule has 7 nitrogen and oxygen atoms in total. The Morgan fingerprint density at radius 2 is 1.77 bits per heavy atom. The van der Waals surface area contributed by atoms with Gasteiger partial charge in [-0.15, -0.1) is 0 Å². The molecule has 1 aromatic heterocycles. The van der Waals surface area contributed by atoms with Crippen molar-refractivity contribution in [2.24, 2.45) is 0 Å². The number of esters is 1.